The number of carbonyl (C=O) groups is 3. The summed E-state index contributed by atoms with van der Waals surface area (Å²) in [5.74, 6) is -0.497. The Labute approximate surface area is 178 Å². The molecule has 8 heteroatoms. The van der Waals surface area contributed by atoms with Gasteiger partial charge < -0.3 is 19.9 Å². The van der Waals surface area contributed by atoms with Gasteiger partial charge in [-0.2, -0.15) is 0 Å². The highest BCUT2D eigenvalue weighted by Crippen LogP contribution is 2.32. The van der Waals surface area contributed by atoms with Crippen LogP contribution in [-0.2, 0) is 20.7 Å². The van der Waals surface area contributed by atoms with Gasteiger partial charge in [-0.15, -0.1) is 0 Å². The standard InChI is InChI=1S/C22H32N4O4/c1-5-15-8-9-23-18(10-15)21(28)26-16-6-7-17(26)12-25(11-16)22(29)20(14(2)3)24-19(27)13-30-4/h8-10,14,16-17,20H,5-7,11-13H2,1-4H3,(H,24,27)/t16-,17+,20-/m0/s1. The molecule has 1 aromatic heterocycles. The fourth-order valence-electron chi connectivity index (χ4n) is 4.41. The highest BCUT2D eigenvalue weighted by molar-refractivity contribution is 5.94. The summed E-state index contributed by atoms with van der Waals surface area (Å²) in [7, 11) is 1.45. The van der Waals surface area contributed by atoms with Crippen LogP contribution in [0.1, 0.15) is 49.7 Å². The molecule has 30 heavy (non-hydrogen) atoms. The summed E-state index contributed by atoms with van der Waals surface area (Å²) in [5, 5.41) is 2.79. The maximum atomic E-state index is 13.2. The van der Waals surface area contributed by atoms with Crippen LogP contribution in [0.4, 0.5) is 0 Å². The number of rotatable bonds is 7. The van der Waals surface area contributed by atoms with E-state index in [2.05, 4.69) is 10.3 Å². The van der Waals surface area contributed by atoms with Crippen LogP contribution in [0.25, 0.3) is 0 Å². The van der Waals surface area contributed by atoms with Crippen LogP contribution >= 0.6 is 0 Å². The van der Waals surface area contributed by atoms with Crippen molar-refractivity contribution in [1.82, 2.24) is 20.1 Å². The summed E-state index contributed by atoms with van der Waals surface area (Å²) in [6.07, 6.45) is 4.28. The van der Waals surface area contributed by atoms with Crippen molar-refractivity contribution in [3.8, 4) is 0 Å². The van der Waals surface area contributed by atoms with Crippen LogP contribution in [0.15, 0.2) is 18.3 Å². The molecular formula is C22H32N4O4. The number of piperazine rings is 1. The number of aryl methyl sites for hydroxylation is 1. The van der Waals surface area contributed by atoms with Crippen molar-refractivity contribution >= 4 is 17.7 Å². The minimum Gasteiger partial charge on any atom is -0.375 e. The van der Waals surface area contributed by atoms with Gasteiger partial charge in [0.1, 0.15) is 18.3 Å². The number of carbonyl (C=O) groups excluding carboxylic acids is 3. The van der Waals surface area contributed by atoms with Gasteiger partial charge in [-0.25, -0.2) is 0 Å². The lowest BCUT2D eigenvalue weighted by atomic mass is 10.0. The average molecular weight is 417 g/mol. The number of amides is 3. The Morgan fingerprint density at radius 2 is 1.90 bits per heavy atom. The van der Waals surface area contributed by atoms with Crippen molar-refractivity contribution < 1.29 is 19.1 Å². The van der Waals surface area contributed by atoms with Gasteiger partial charge >= 0.3 is 0 Å². The number of nitrogens with one attached hydrogen (secondary N) is 1. The minimum absolute atomic E-state index is 0.0187. The second-order valence-corrected chi connectivity index (χ2v) is 8.47. The van der Waals surface area contributed by atoms with E-state index in [-0.39, 0.29) is 42.3 Å². The molecule has 0 unspecified atom stereocenters. The van der Waals surface area contributed by atoms with E-state index < -0.39 is 6.04 Å². The van der Waals surface area contributed by atoms with Crippen LogP contribution in [0.5, 0.6) is 0 Å². The Morgan fingerprint density at radius 3 is 2.47 bits per heavy atom. The zero-order valence-electron chi connectivity index (χ0n) is 18.3. The second-order valence-electron chi connectivity index (χ2n) is 8.47. The number of likely N-dealkylation sites (tertiary alicyclic amines) is 1. The van der Waals surface area contributed by atoms with Crippen molar-refractivity contribution in [3.05, 3.63) is 29.6 Å². The highest BCUT2D eigenvalue weighted by Gasteiger charge is 2.45. The molecule has 2 aliphatic rings. The maximum Gasteiger partial charge on any atom is 0.273 e. The molecule has 164 valence electrons. The number of methoxy groups -OCH3 is 1. The lowest BCUT2D eigenvalue weighted by molar-refractivity contribution is -0.140. The van der Waals surface area contributed by atoms with Gasteiger partial charge in [0.2, 0.25) is 11.8 Å². The van der Waals surface area contributed by atoms with Gasteiger partial charge in [-0.1, -0.05) is 20.8 Å². The van der Waals surface area contributed by atoms with E-state index in [4.69, 9.17) is 4.74 Å². The van der Waals surface area contributed by atoms with E-state index in [1.165, 1.54) is 7.11 Å². The van der Waals surface area contributed by atoms with E-state index in [1.807, 2.05) is 37.8 Å². The molecule has 8 nitrogen and oxygen atoms in total. The van der Waals surface area contributed by atoms with Crippen LogP contribution in [0.3, 0.4) is 0 Å². The number of hydrogen-bond acceptors (Lipinski definition) is 5. The molecule has 3 heterocycles. The van der Waals surface area contributed by atoms with Crippen LogP contribution in [0.2, 0.25) is 0 Å². The predicted molar refractivity (Wildman–Crippen MR) is 112 cm³/mol. The van der Waals surface area contributed by atoms with Crippen molar-refractivity contribution in [2.45, 2.75) is 58.2 Å². The predicted octanol–water partition coefficient (Wildman–Crippen LogP) is 1.25. The van der Waals surface area contributed by atoms with E-state index in [0.29, 0.717) is 18.8 Å². The molecule has 3 rings (SSSR count). The first kappa shape index (κ1) is 22.2. The fourth-order valence-corrected chi connectivity index (χ4v) is 4.41. The van der Waals surface area contributed by atoms with Gasteiger partial charge in [0.25, 0.3) is 5.91 Å². The molecule has 2 saturated heterocycles. The monoisotopic (exact) mass is 416 g/mol. The number of hydrogen-bond donors (Lipinski definition) is 1. The van der Waals surface area contributed by atoms with E-state index in [0.717, 1.165) is 24.8 Å². The molecule has 0 aromatic carbocycles. The fraction of sp³-hybridized carbons (Fsp3) is 0.636. The van der Waals surface area contributed by atoms with E-state index >= 15 is 0 Å². The summed E-state index contributed by atoms with van der Waals surface area (Å²) >= 11 is 0. The topological polar surface area (TPSA) is 91.8 Å². The molecule has 1 N–H and O–H groups in total. The number of fused-ring (bicyclic) bond motifs is 2. The second kappa shape index (κ2) is 9.55. The smallest absolute Gasteiger partial charge is 0.273 e. The molecule has 2 aliphatic heterocycles. The number of nitrogens with zero attached hydrogens (tertiary/aromatic N) is 3. The van der Waals surface area contributed by atoms with Crippen molar-refractivity contribution in [1.29, 1.82) is 0 Å². The minimum atomic E-state index is -0.600. The Balaban J connectivity index is 1.71. The van der Waals surface area contributed by atoms with Gasteiger partial charge in [-0.3, -0.25) is 19.4 Å². The van der Waals surface area contributed by atoms with Crippen molar-refractivity contribution in [2.75, 3.05) is 26.8 Å². The lowest BCUT2D eigenvalue weighted by Crippen LogP contribution is -2.61. The molecule has 0 aliphatic carbocycles. The van der Waals surface area contributed by atoms with E-state index in [9.17, 15) is 14.4 Å². The maximum absolute atomic E-state index is 13.2. The van der Waals surface area contributed by atoms with E-state index in [1.54, 1.807) is 11.1 Å². The third kappa shape index (κ3) is 4.64. The number of pyridine rings is 1. The van der Waals surface area contributed by atoms with Crippen LogP contribution in [-0.4, -0.2) is 77.4 Å². The quantitative estimate of drug-likeness (QED) is 0.722. The number of aromatic nitrogens is 1. The molecule has 0 radical (unpaired) electrons. The average Bonchev–Trinajstić information content (AvgIpc) is 3.00. The Hall–Kier alpha value is -2.48. The molecule has 2 bridgehead atoms. The Bertz CT molecular complexity index is 783. The molecule has 2 fully saturated rings. The summed E-state index contributed by atoms with van der Waals surface area (Å²) in [5.41, 5.74) is 1.55. The summed E-state index contributed by atoms with van der Waals surface area (Å²) in [6.45, 7) is 6.77. The van der Waals surface area contributed by atoms with Gasteiger partial charge in [-0.05, 0) is 42.9 Å². The SMILES string of the molecule is CCc1ccnc(C(=O)N2[C@@H]3CC[C@H]2CN(C(=O)[C@@H](NC(=O)COC)C(C)C)C3)c1. The third-order valence-corrected chi connectivity index (χ3v) is 6.00. The molecular weight excluding hydrogens is 384 g/mol. The zero-order chi connectivity index (χ0) is 21.8. The summed E-state index contributed by atoms with van der Waals surface area (Å²) in [4.78, 5) is 46.3. The third-order valence-electron chi connectivity index (χ3n) is 6.00. The summed E-state index contributed by atoms with van der Waals surface area (Å²) < 4.78 is 4.87. The number of ether oxygens (including phenoxy) is 1. The van der Waals surface area contributed by atoms with Crippen molar-refractivity contribution in [3.63, 3.8) is 0 Å². The first-order valence-corrected chi connectivity index (χ1v) is 10.7. The Morgan fingerprint density at radius 1 is 1.23 bits per heavy atom. The van der Waals surface area contributed by atoms with Crippen molar-refractivity contribution in [2.24, 2.45) is 5.92 Å². The van der Waals surface area contributed by atoms with Gasteiger partial charge in [0, 0.05) is 26.4 Å². The first-order chi connectivity index (χ1) is 14.3. The molecule has 3 atom stereocenters. The van der Waals surface area contributed by atoms with Crippen LogP contribution < -0.4 is 5.32 Å². The molecule has 1 aromatic rings. The molecule has 0 spiro atoms. The van der Waals surface area contributed by atoms with Gasteiger partial charge in [0.05, 0.1) is 12.1 Å². The lowest BCUT2D eigenvalue weighted by Gasteiger charge is -2.42. The zero-order valence-corrected chi connectivity index (χ0v) is 18.3. The largest absolute Gasteiger partial charge is 0.375 e. The molecule has 0 saturated carbocycles. The molecule has 3 amide bonds. The Kier molecular flexibility index (Phi) is 7.07. The highest BCUT2D eigenvalue weighted by atomic mass is 16.5. The first-order valence-electron chi connectivity index (χ1n) is 10.7. The summed E-state index contributed by atoms with van der Waals surface area (Å²) in [6, 6.07) is 3.15. The normalized spacial score (nSPS) is 21.6. The van der Waals surface area contributed by atoms with Gasteiger partial charge in [0.15, 0.2) is 0 Å². The van der Waals surface area contributed by atoms with Crippen LogP contribution in [0, 0.1) is 5.92 Å².